The minimum Gasteiger partial charge on any atom is -0.305 e. The van der Waals surface area contributed by atoms with Crippen LogP contribution in [0.25, 0.3) is 0 Å². The summed E-state index contributed by atoms with van der Waals surface area (Å²) in [6, 6.07) is 9.49. The Balaban J connectivity index is 2.21. The van der Waals surface area contributed by atoms with E-state index >= 15 is 0 Å². The summed E-state index contributed by atoms with van der Waals surface area (Å²) in [6.45, 7) is 4.58. The maximum atomic E-state index is 3.37. The van der Waals surface area contributed by atoms with Crippen molar-refractivity contribution in [2.45, 2.75) is 57.9 Å². The van der Waals surface area contributed by atoms with Crippen molar-refractivity contribution in [3.8, 4) is 0 Å². The summed E-state index contributed by atoms with van der Waals surface area (Å²) in [7, 11) is 2.04. The van der Waals surface area contributed by atoms with E-state index in [1.165, 1.54) is 43.4 Å². The molecule has 1 heterocycles. The first-order valence-corrected chi connectivity index (χ1v) is 7.39. The molecule has 0 amide bonds. The van der Waals surface area contributed by atoms with Gasteiger partial charge in [-0.05, 0) is 24.5 Å². The van der Waals surface area contributed by atoms with Crippen molar-refractivity contribution >= 4 is 5.69 Å². The lowest BCUT2D eigenvalue weighted by molar-refractivity contribution is 0.447. The summed E-state index contributed by atoms with van der Waals surface area (Å²) >= 11 is 0. The van der Waals surface area contributed by atoms with Gasteiger partial charge in [-0.15, -0.1) is 0 Å². The van der Waals surface area contributed by atoms with E-state index in [-0.39, 0.29) is 0 Å². The van der Waals surface area contributed by atoms with Crippen molar-refractivity contribution in [1.82, 2.24) is 5.43 Å². The molecular formula is C16H26N2. The Morgan fingerprint density at radius 3 is 2.61 bits per heavy atom. The number of unbranched alkanes of at least 4 members (excludes halogenated alkanes) is 2. The topological polar surface area (TPSA) is 15.3 Å². The summed E-state index contributed by atoms with van der Waals surface area (Å²) < 4.78 is 0. The number of hydrogen-bond acceptors (Lipinski definition) is 2. The first-order chi connectivity index (χ1) is 8.83. The quantitative estimate of drug-likeness (QED) is 0.761. The maximum absolute atomic E-state index is 3.37. The van der Waals surface area contributed by atoms with Gasteiger partial charge in [0.15, 0.2) is 0 Å². The number of anilines is 1. The molecule has 0 bridgehead atoms. The first kappa shape index (κ1) is 13.4. The van der Waals surface area contributed by atoms with Crippen LogP contribution >= 0.6 is 0 Å². The largest absolute Gasteiger partial charge is 0.305 e. The van der Waals surface area contributed by atoms with Crippen molar-refractivity contribution in [3.63, 3.8) is 0 Å². The Morgan fingerprint density at radius 2 is 1.94 bits per heavy atom. The molecule has 2 heteroatoms. The molecule has 0 aliphatic carbocycles. The number of benzene rings is 1. The number of para-hydroxylation sites is 1. The van der Waals surface area contributed by atoms with Gasteiger partial charge in [-0.3, -0.25) is 0 Å². The maximum Gasteiger partial charge on any atom is 0.0558 e. The molecule has 0 radical (unpaired) electrons. The molecule has 0 saturated heterocycles. The molecule has 0 spiro atoms. The highest BCUT2D eigenvalue weighted by Gasteiger charge is 2.35. The van der Waals surface area contributed by atoms with E-state index < -0.39 is 0 Å². The molecular weight excluding hydrogens is 220 g/mol. The predicted octanol–water partition coefficient (Wildman–Crippen LogP) is 4.08. The van der Waals surface area contributed by atoms with E-state index in [0.717, 1.165) is 0 Å². The van der Waals surface area contributed by atoms with Gasteiger partial charge in [0, 0.05) is 13.0 Å². The van der Waals surface area contributed by atoms with E-state index in [1.54, 1.807) is 0 Å². The van der Waals surface area contributed by atoms with Gasteiger partial charge in [-0.1, -0.05) is 51.3 Å². The molecule has 0 aromatic heterocycles. The molecule has 1 aromatic carbocycles. The van der Waals surface area contributed by atoms with Gasteiger partial charge < -0.3 is 5.01 Å². The number of rotatable bonds is 6. The Morgan fingerprint density at radius 1 is 1.17 bits per heavy atom. The van der Waals surface area contributed by atoms with Crippen molar-refractivity contribution in [2.75, 3.05) is 12.1 Å². The number of hydrazine groups is 1. The third kappa shape index (κ3) is 2.39. The van der Waals surface area contributed by atoms with Crippen LogP contribution in [0.3, 0.4) is 0 Å². The SMILES string of the molecule is CCCCCC1c2ccccc2N(NC)C1CC. The van der Waals surface area contributed by atoms with Crippen LogP contribution < -0.4 is 10.4 Å². The molecule has 1 N–H and O–H groups in total. The highest BCUT2D eigenvalue weighted by Crippen LogP contribution is 2.43. The van der Waals surface area contributed by atoms with Crippen LogP contribution in [0.2, 0.25) is 0 Å². The second kappa shape index (κ2) is 6.24. The molecule has 2 rings (SSSR count). The van der Waals surface area contributed by atoms with Crippen molar-refractivity contribution < 1.29 is 0 Å². The predicted molar refractivity (Wildman–Crippen MR) is 78.9 cm³/mol. The third-order valence-electron chi connectivity index (χ3n) is 4.17. The van der Waals surface area contributed by atoms with Crippen LogP contribution in [0.15, 0.2) is 24.3 Å². The smallest absolute Gasteiger partial charge is 0.0558 e. The molecule has 100 valence electrons. The van der Waals surface area contributed by atoms with Crippen LogP contribution in [0, 0.1) is 0 Å². The zero-order valence-corrected chi connectivity index (χ0v) is 11.9. The lowest BCUT2D eigenvalue weighted by Gasteiger charge is -2.28. The summed E-state index contributed by atoms with van der Waals surface area (Å²) in [5.41, 5.74) is 6.29. The molecule has 1 aromatic rings. The minimum atomic E-state index is 0.615. The highest BCUT2D eigenvalue weighted by molar-refractivity contribution is 5.60. The highest BCUT2D eigenvalue weighted by atomic mass is 15.5. The standard InChI is InChI=1S/C16H26N2/c1-4-6-7-10-13-14-11-8-9-12-16(14)18(17-3)15(13)5-2/h8-9,11-13,15,17H,4-7,10H2,1-3H3. The van der Waals surface area contributed by atoms with Crippen molar-refractivity contribution in [2.24, 2.45) is 0 Å². The average molecular weight is 246 g/mol. The number of hydrogen-bond donors (Lipinski definition) is 1. The zero-order valence-electron chi connectivity index (χ0n) is 11.9. The second-order valence-electron chi connectivity index (χ2n) is 5.23. The van der Waals surface area contributed by atoms with Gasteiger partial charge >= 0.3 is 0 Å². The summed E-state index contributed by atoms with van der Waals surface area (Å²) in [5, 5.41) is 2.37. The lowest BCUT2D eigenvalue weighted by atomic mass is 9.88. The van der Waals surface area contributed by atoms with Crippen molar-refractivity contribution in [3.05, 3.63) is 29.8 Å². The van der Waals surface area contributed by atoms with Crippen LogP contribution in [-0.4, -0.2) is 13.1 Å². The molecule has 18 heavy (non-hydrogen) atoms. The monoisotopic (exact) mass is 246 g/mol. The Bertz CT molecular complexity index is 375. The molecule has 1 aliphatic rings. The fourth-order valence-electron chi connectivity index (χ4n) is 3.30. The second-order valence-corrected chi connectivity index (χ2v) is 5.23. The van der Waals surface area contributed by atoms with E-state index in [2.05, 4.69) is 48.5 Å². The number of fused-ring (bicyclic) bond motifs is 1. The average Bonchev–Trinajstić information content (AvgIpc) is 2.72. The normalized spacial score (nSPS) is 22.3. The molecule has 0 saturated carbocycles. The van der Waals surface area contributed by atoms with Gasteiger partial charge in [0.05, 0.1) is 11.7 Å². The van der Waals surface area contributed by atoms with Crippen LogP contribution in [0.1, 0.15) is 57.4 Å². The molecule has 2 unspecified atom stereocenters. The summed E-state index contributed by atoms with van der Waals surface area (Å²) in [4.78, 5) is 0. The summed E-state index contributed by atoms with van der Waals surface area (Å²) in [6.07, 6.45) is 6.53. The van der Waals surface area contributed by atoms with Gasteiger partial charge in [0.2, 0.25) is 0 Å². The first-order valence-electron chi connectivity index (χ1n) is 7.39. The fourth-order valence-corrected chi connectivity index (χ4v) is 3.30. The van der Waals surface area contributed by atoms with Gasteiger partial charge in [0.25, 0.3) is 0 Å². The zero-order chi connectivity index (χ0) is 13.0. The number of nitrogens with zero attached hydrogens (tertiary/aromatic N) is 1. The van der Waals surface area contributed by atoms with Gasteiger partial charge in [-0.25, -0.2) is 5.43 Å². The van der Waals surface area contributed by atoms with Crippen molar-refractivity contribution in [1.29, 1.82) is 0 Å². The number of nitrogens with one attached hydrogen (secondary N) is 1. The molecule has 1 aliphatic heterocycles. The molecule has 2 nitrogen and oxygen atoms in total. The fraction of sp³-hybridized carbons (Fsp3) is 0.625. The Labute approximate surface area is 111 Å². The Hall–Kier alpha value is -1.02. The minimum absolute atomic E-state index is 0.615. The van der Waals surface area contributed by atoms with Crippen LogP contribution in [0.4, 0.5) is 5.69 Å². The van der Waals surface area contributed by atoms with Crippen LogP contribution in [0.5, 0.6) is 0 Å². The third-order valence-corrected chi connectivity index (χ3v) is 4.17. The Kier molecular flexibility index (Phi) is 4.65. The van der Waals surface area contributed by atoms with Gasteiger partial charge in [-0.2, -0.15) is 0 Å². The van der Waals surface area contributed by atoms with Crippen LogP contribution in [-0.2, 0) is 0 Å². The lowest BCUT2D eigenvalue weighted by Crippen LogP contribution is -2.42. The molecule has 2 atom stereocenters. The summed E-state index contributed by atoms with van der Waals surface area (Å²) in [5.74, 6) is 0.699. The van der Waals surface area contributed by atoms with E-state index in [9.17, 15) is 0 Å². The molecule has 0 fully saturated rings. The van der Waals surface area contributed by atoms with Gasteiger partial charge in [0.1, 0.15) is 0 Å². The van der Waals surface area contributed by atoms with E-state index in [1.807, 2.05) is 7.05 Å². The van der Waals surface area contributed by atoms with E-state index in [0.29, 0.717) is 12.0 Å². The van der Waals surface area contributed by atoms with E-state index in [4.69, 9.17) is 0 Å².